The van der Waals surface area contributed by atoms with Gasteiger partial charge in [-0.25, -0.2) is 4.98 Å². The van der Waals surface area contributed by atoms with Crippen molar-refractivity contribution in [1.82, 2.24) is 4.98 Å². The third kappa shape index (κ3) is 1.10. The minimum Gasteiger partial charge on any atom is -0.397 e. The van der Waals surface area contributed by atoms with Gasteiger partial charge in [-0.2, -0.15) is 0 Å². The van der Waals surface area contributed by atoms with Gasteiger partial charge in [-0.05, 0) is 19.1 Å². The van der Waals surface area contributed by atoms with Gasteiger partial charge in [0.05, 0.1) is 11.4 Å². The Kier molecular flexibility index (Phi) is 1.26. The van der Waals surface area contributed by atoms with Gasteiger partial charge in [0.25, 0.3) is 0 Å². The zero-order chi connectivity index (χ0) is 6.85. The van der Waals surface area contributed by atoms with Crippen molar-refractivity contribution in [3.8, 4) is 0 Å². The van der Waals surface area contributed by atoms with Crippen molar-refractivity contribution in [2.24, 2.45) is 0 Å². The molecule has 1 rings (SSSR count). The van der Waals surface area contributed by atoms with E-state index in [0.717, 1.165) is 5.69 Å². The molecule has 0 aliphatic rings. The lowest BCUT2D eigenvalue weighted by Crippen LogP contribution is -1.96. The lowest BCUT2D eigenvalue weighted by molar-refractivity contribution is 1.22. The number of pyridine rings is 1. The Balaban J connectivity index is 3.17. The van der Waals surface area contributed by atoms with Crippen molar-refractivity contribution in [2.45, 2.75) is 6.92 Å². The number of nitrogen functional groups attached to an aromatic ring is 2. The van der Waals surface area contributed by atoms with Gasteiger partial charge < -0.3 is 11.5 Å². The molecule has 0 atom stereocenters. The summed E-state index contributed by atoms with van der Waals surface area (Å²) in [5.74, 6) is 0.515. The van der Waals surface area contributed by atoms with Crippen LogP contribution in [0.15, 0.2) is 12.1 Å². The molecule has 0 unspecified atom stereocenters. The van der Waals surface area contributed by atoms with Gasteiger partial charge in [-0.3, -0.25) is 0 Å². The SMILES string of the molecule is Cc1nc(N)ccc1N. The largest absolute Gasteiger partial charge is 0.397 e. The highest BCUT2D eigenvalue weighted by Crippen LogP contribution is 2.07. The van der Waals surface area contributed by atoms with Gasteiger partial charge >= 0.3 is 0 Å². The summed E-state index contributed by atoms with van der Waals surface area (Å²) in [6, 6.07) is 3.43. The van der Waals surface area contributed by atoms with E-state index in [1.165, 1.54) is 0 Å². The number of nitrogens with two attached hydrogens (primary N) is 2. The maximum atomic E-state index is 5.47. The van der Waals surface area contributed by atoms with Crippen LogP contribution >= 0.6 is 0 Å². The molecule has 1 aromatic heterocycles. The van der Waals surface area contributed by atoms with Crippen molar-refractivity contribution < 1.29 is 0 Å². The molecular formula is C6H9N3. The van der Waals surface area contributed by atoms with E-state index >= 15 is 0 Å². The molecule has 0 saturated carbocycles. The summed E-state index contributed by atoms with van der Waals surface area (Å²) in [5.41, 5.74) is 12.3. The summed E-state index contributed by atoms with van der Waals surface area (Å²) in [7, 11) is 0. The average Bonchev–Trinajstić information content (AvgIpc) is 1.80. The average molecular weight is 123 g/mol. The molecule has 0 aliphatic heterocycles. The Labute approximate surface area is 53.7 Å². The van der Waals surface area contributed by atoms with Crippen LogP contribution in [0.1, 0.15) is 5.69 Å². The second kappa shape index (κ2) is 1.93. The zero-order valence-corrected chi connectivity index (χ0v) is 5.26. The standard InChI is InChI=1S/C6H9N3/c1-4-5(7)2-3-6(8)9-4/h2-3H,7H2,1H3,(H2,8,9). The van der Waals surface area contributed by atoms with Crippen LogP contribution in [0, 0.1) is 6.92 Å². The topological polar surface area (TPSA) is 64.9 Å². The Hall–Kier alpha value is -1.25. The molecule has 0 aliphatic carbocycles. The Morgan fingerprint density at radius 3 is 2.44 bits per heavy atom. The van der Waals surface area contributed by atoms with Crippen LogP contribution < -0.4 is 11.5 Å². The van der Waals surface area contributed by atoms with E-state index in [2.05, 4.69) is 4.98 Å². The first-order chi connectivity index (χ1) is 4.20. The summed E-state index contributed by atoms with van der Waals surface area (Å²) in [6.45, 7) is 1.83. The quantitative estimate of drug-likeness (QED) is 0.529. The van der Waals surface area contributed by atoms with Gasteiger partial charge in [-0.15, -0.1) is 0 Å². The van der Waals surface area contributed by atoms with E-state index in [4.69, 9.17) is 11.5 Å². The highest BCUT2D eigenvalue weighted by molar-refractivity contribution is 5.46. The second-order valence-electron chi connectivity index (χ2n) is 1.91. The zero-order valence-electron chi connectivity index (χ0n) is 5.26. The van der Waals surface area contributed by atoms with E-state index < -0.39 is 0 Å². The molecule has 0 spiro atoms. The van der Waals surface area contributed by atoms with Crippen molar-refractivity contribution in [3.63, 3.8) is 0 Å². The summed E-state index contributed by atoms with van der Waals surface area (Å²) in [4.78, 5) is 3.93. The smallest absolute Gasteiger partial charge is 0.123 e. The van der Waals surface area contributed by atoms with Crippen molar-refractivity contribution in [3.05, 3.63) is 17.8 Å². The molecule has 3 nitrogen and oxygen atoms in total. The number of rotatable bonds is 0. The molecule has 0 fully saturated rings. The number of nitrogens with zero attached hydrogens (tertiary/aromatic N) is 1. The second-order valence-corrected chi connectivity index (χ2v) is 1.91. The normalized spacial score (nSPS) is 9.44. The van der Waals surface area contributed by atoms with Crippen LogP contribution in [0.25, 0.3) is 0 Å². The fraction of sp³-hybridized carbons (Fsp3) is 0.167. The molecule has 0 radical (unpaired) electrons. The number of aromatic nitrogens is 1. The van der Waals surface area contributed by atoms with Crippen LogP contribution in [-0.2, 0) is 0 Å². The van der Waals surface area contributed by atoms with Crippen LogP contribution in [0.5, 0.6) is 0 Å². The van der Waals surface area contributed by atoms with Gasteiger partial charge in [0.15, 0.2) is 0 Å². The fourth-order valence-electron chi connectivity index (χ4n) is 0.591. The minimum absolute atomic E-state index is 0.515. The van der Waals surface area contributed by atoms with Crippen LogP contribution in [0.3, 0.4) is 0 Å². The highest BCUT2D eigenvalue weighted by atomic mass is 14.8. The predicted molar refractivity (Wildman–Crippen MR) is 37.8 cm³/mol. The number of hydrogen-bond donors (Lipinski definition) is 2. The number of hydrogen-bond acceptors (Lipinski definition) is 3. The number of aryl methyl sites for hydroxylation is 1. The molecule has 4 N–H and O–H groups in total. The monoisotopic (exact) mass is 123 g/mol. The van der Waals surface area contributed by atoms with E-state index in [-0.39, 0.29) is 0 Å². The Morgan fingerprint density at radius 1 is 1.33 bits per heavy atom. The fourth-order valence-corrected chi connectivity index (χ4v) is 0.591. The van der Waals surface area contributed by atoms with Gasteiger partial charge in [-0.1, -0.05) is 0 Å². The molecule has 0 bridgehead atoms. The van der Waals surface area contributed by atoms with Crippen LogP contribution in [0.4, 0.5) is 11.5 Å². The lowest BCUT2D eigenvalue weighted by atomic mass is 10.3. The van der Waals surface area contributed by atoms with E-state index in [0.29, 0.717) is 11.5 Å². The third-order valence-electron chi connectivity index (χ3n) is 1.15. The third-order valence-corrected chi connectivity index (χ3v) is 1.15. The Morgan fingerprint density at radius 2 is 2.00 bits per heavy atom. The van der Waals surface area contributed by atoms with Crippen LogP contribution in [-0.4, -0.2) is 4.98 Å². The molecule has 9 heavy (non-hydrogen) atoms. The molecule has 1 heterocycles. The summed E-state index contributed by atoms with van der Waals surface area (Å²) in [5, 5.41) is 0. The minimum atomic E-state index is 0.515. The summed E-state index contributed by atoms with van der Waals surface area (Å²) in [6.07, 6.45) is 0. The molecule has 0 amide bonds. The van der Waals surface area contributed by atoms with Crippen molar-refractivity contribution in [1.29, 1.82) is 0 Å². The van der Waals surface area contributed by atoms with Crippen LogP contribution in [0.2, 0.25) is 0 Å². The lowest BCUT2D eigenvalue weighted by Gasteiger charge is -1.97. The Bertz CT molecular complexity index is 220. The predicted octanol–water partition coefficient (Wildman–Crippen LogP) is 0.554. The van der Waals surface area contributed by atoms with E-state index in [1.807, 2.05) is 6.92 Å². The van der Waals surface area contributed by atoms with Gasteiger partial charge in [0, 0.05) is 0 Å². The molecule has 48 valence electrons. The first-order valence-corrected chi connectivity index (χ1v) is 2.69. The highest BCUT2D eigenvalue weighted by Gasteiger charge is 1.91. The van der Waals surface area contributed by atoms with Crippen molar-refractivity contribution in [2.75, 3.05) is 11.5 Å². The molecule has 0 aromatic carbocycles. The molecule has 3 heteroatoms. The number of anilines is 2. The van der Waals surface area contributed by atoms with E-state index in [1.54, 1.807) is 12.1 Å². The molecular weight excluding hydrogens is 114 g/mol. The first-order valence-electron chi connectivity index (χ1n) is 2.69. The van der Waals surface area contributed by atoms with Gasteiger partial charge in [0.2, 0.25) is 0 Å². The maximum absolute atomic E-state index is 5.47. The molecule has 1 aromatic rings. The van der Waals surface area contributed by atoms with Crippen molar-refractivity contribution >= 4 is 11.5 Å². The van der Waals surface area contributed by atoms with E-state index in [9.17, 15) is 0 Å². The van der Waals surface area contributed by atoms with Gasteiger partial charge in [0.1, 0.15) is 5.82 Å². The summed E-state index contributed by atoms with van der Waals surface area (Å²) >= 11 is 0. The maximum Gasteiger partial charge on any atom is 0.123 e. The first kappa shape index (κ1) is 5.88. The molecule has 0 saturated heterocycles. The summed E-state index contributed by atoms with van der Waals surface area (Å²) < 4.78 is 0.